The van der Waals surface area contributed by atoms with E-state index in [-0.39, 0.29) is 31.1 Å². The summed E-state index contributed by atoms with van der Waals surface area (Å²) in [4.78, 5) is 37.9. The first-order valence-corrected chi connectivity index (χ1v) is 26.9. The van der Waals surface area contributed by atoms with Gasteiger partial charge in [0.25, 0.3) is 0 Å². The van der Waals surface area contributed by atoms with Crippen LogP contribution in [0.5, 0.6) is 0 Å². The summed E-state index contributed by atoms with van der Waals surface area (Å²) < 4.78 is 16.8. The fraction of sp³-hybridized carbons (Fsp3) is 0.944. The molecule has 356 valence electrons. The predicted octanol–water partition coefficient (Wildman–Crippen LogP) is 17.5. The molecule has 0 aliphatic carbocycles. The highest BCUT2D eigenvalue weighted by Crippen LogP contribution is 2.17. The van der Waals surface area contributed by atoms with Gasteiger partial charge in [0, 0.05) is 19.3 Å². The maximum atomic E-state index is 12.8. The first-order chi connectivity index (χ1) is 29.4. The summed E-state index contributed by atoms with van der Waals surface area (Å²) in [7, 11) is 0. The van der Waals surface area contributed by atoms with Crippen LogP contribution in [0, 0.1) is 5.92 Å². The Bertz CT molecular complexity index is 903. The van der Waals surface area contributed by atoms with Gasteiger partial charge in [-0.1, -0.05) is 265 Å². The Morgan fingerprint density at radius 1 is 0.317 bits per heavy atom. The van der Waals surface area contributed by atoms with Crippen molar-refractivity contribution in [1.82, 2.24) is 0 Å². The van der Waals surface area contributed by atoms with E-state index < -0.39 is 6.10 Å². The number of rotatable bonds is 49. The Kier molecular flexibility index (Phi) is 47.2. The van der Waals surface area contributed by atoms with Crippen molar-refractivity contribution in [3.05, 3.63) is 0 Å². The Balaban J connectivity index is 4.21. The highest BCUT2D eigenvalue weighted by Gasteiger charge is 2.19. The monoisotopic (exact) mass is 849 g/mol. The lowest BCUT2D eigenvalue weighted by Crippen LogP contribution is -2.30. The number of carbonyl (C=O) groups is 3. The van der Waals surface area contributed by atoms with E-state index in [1.54, 1.807) is 0 Å². The SMILES string of the molecule is CCCCCCCCCCCCCCCCCCCCCC(=O)OC[C@@H](COC(=O)CCCCCCCCC(C)C)OC(=O)CCCCCCCCCCCCCCCC. The van der Waals surface area contributed by atoms with Crippen molar-refractivity contribution in [1.29, 1.82) is 0 Å². The molecule has 6 nitrogen and oxygen atoms in total. The number of unbranched alkanes of at least 4 members (excludes halogenated alkanes) is 36. The molecule has 0 spiro atoms. The molecular formula is C54H104O6. The number of ether oxygens (including phenoxy) is 3. The van der Waals surface area contributed by atoms with Gasteiger partial charge in [0.1, 0.15) is 13.2 Å². The fourth-order valence-corrected chi connectivity index (χ4v) is 8.22. The molecule has 0 bridgehead atoms. The minimum atomic E-state index is -0.761. The summed E-state index contributed by atoms with van der Waals surface area (Å²) in [6, 6.07) is 0. The highest BCUT2D eigenvalue weighted by atomic mass is 16.6. The van der Waals surface area contributed by atoms with E-state index in [0.29, 0.717) is 19.3 Å². The maximum absolute atomic E-state index is 12.8. The minimum Gasteiger partial charge on any atom is -0.462 e. The van der Waals surface area contributed by atoms with Crippen LogP contribution in [0.1, 0.15) is 304 Å². The molecule has 0 saturated carbocycles. The first-order valence-electron chi connectivity index (χ1n) is 26.9. The molecular weight excluding hydrogens is 745 g/mol. The van der Waals surface area contributed by atoms with E-state index in [0.717, 1.165) is 63.7 Å². The molecule has 0 unspecified atom stereocenters. The van der Waals surface area contributed by atoms with Crippen LogP contribution in [0.3, 0.4) is 0 Å². The summed E-state index contributed by atoms with van der Waals surface area (Å²) in [5.41, 5.74) is 0. The molecule has 0 aromatic rings. The third-order valence-corrected chi connectivity index (χ3v) is 12.3. The summed E-state index contributed by atoms with van der Waals surface area (Å²) in [5.74, 6) is -0.0842. The van der Waals surface area contributed by atoms with Gasteiger partial charge in [-0.05, 0) is 25.2 Å². The molecule has 1 atom stereocenters. The molecule has 0 radical (unpaired) electrons. The van der Waals surface area contributed by atoms with Crippen LogP contribution in [0.15, 0.2) is 0 Å². The molecule has 0 aromatic carbocycles. The molecule has 0 fully saturated rings. The van der Waals surface area contributed by atoms with E-state index in [4.69, 9.17) is 14.2 Å². The molecule has 0 amide bonds. The normalized spacial score (nSPS) is 11.9. The van der Waals surface area contributed by atoms with Gasteiger partial charge in [-0.15, -0.1) is 0 Å². The van der Waals surface area contributed by atoms with Crippen molar-refractivity contribution in [3.8, 4) is 0 Å². The second-order valence-corrected chi connectivity index (χ2v) is 19.0. The average molecular weight is 849 g/mol. The zero-order valence-electron chi connectivity index (χ0n) is 40.9. The average Bonchev–Trinajstić information content (AvgIpc) is 3.23. The van der Waals surface area contributed by atoms with E-state index >= 15 is 0 Å². The van der Waals surface area contributed by atoms with Crippen molar-refractivity contribution in [2.24, 2.45) is 5.92 Å². The number of esters is 3. The summed E-state index contributed by atoms with van der Waals surface area (Å²) >= 11 is 0. The molecule has 0 heterocycles. The quantitative estimate of drug-likeness (QED) is 0.0345. The van der Waals surface area contributed by atoms with E-state index in [1.807, 2.05) is 0 Å². The molecule has 0 aromatic heterocycles. The van der Waals surface area contributed by atoms with Gasteiger partial charge in [0.2, 0.25) is 0 Å². The molecule has 6 heteroatoms. The van der Waals surface area contributed by atoms with Crippen LogP contribution in [-0.4, -0.2) is 37.2 Å². The van der Waals surface area contributed by atoms with E-state index in [2.05, 4.69) is 27.7 Å². The van der Waals surface area contributed by atoms with Crippen LogP contribution < -0.4 is 0 Å². The summed E-state index contributed by atoms with van der Waals surface area (Å²) in [5, 5.41) is 0. The van der Waals surface area contributed by atoms with Crippen molar-refractivity contribution in [2.45, 2.75) is 310 Å². The van der Waals surface area contributed by atoms with Crippen LogP contribution in [0.4, 0.5) is 0 Å². The minimum absolute atomic E-state index is 0.0634. The highest BCUT2D eigenvalue weighted by molar-refractivity contribution is 5.71. The van der Waals surface area contributed by atoms with Gasteiger partial charge >= 0.3 is 17.9 Å². The topological polar surface area (TPSA) is 78.9 Å². The lowest BCUT2D eigenvalue weighted by molar-refractivity contribution is -0.167. The summed E-state index contributed by atoms with van der Waals surface area (Å²) in [6.07, 6.45) is 51.1. The number of hydrogen-bond acceptors (Lipinski definition) is 6. The largest absolute Gasteiger partial charge is 0.462 e. The Hall–Kier alpha value is -1.59. The molecule has 0 aliphatic rings. The number of carbonyl (C=O) groups excluding carboxylic acids is 3. The second-order valence-electron chi connectivity index (χ2n) is 19.0. The van der Waals surface area contributed by atoms with E-state index in [1.165, 1.54) is 199 Å². The smallest absolute Gasteiger partial charge is 0.306 e. The van der Waals surface area contributed by atoms with Gasteiger partial charge in [-0.2, -0.15) is 0 Å². The van der Waals surface area contributed by atoms with Crippen LogP contribution in [-0.2, 0) is 28.6 Å². The van der Waals surface area contributed by atoms with Gasteiger partial charge in [-0.3, -0.25) is 14.4 Å². The third kappa shape index (κ3) is 47.5. The van der Waals surface area contributed by atoms with Gasteiger partial charge in [0.05, 0.1) is 0 Å². The fourth-order valence-electron chi connectivity index (χ4n) is 8.22. The lowest BCUT2D eigenvalue weighted by atomic mass is 10.0. The first kappa shape index (κ1) is 58.4. The van der Waals surface area contributed by atoms with Gasteiger partial charge < -0.3 is 14.2 Å². The Morgan fingerprint density at radius 2 is 0.550 bits per heavy atom. The molecule has 0 rings (SSSR count). The lowest BCUT2D eigenvalue weighted by Gasteiger charge is -2.18. The molecule has 0 aliphatic heterocycles. The van der Waals surface area contributed by atoms with Crippen LogP contribution in [0.25, 0.3) is 0 Å². The summed E-state index contributed by atoms with van der Waals surface area (Å²) in [6.45, 7) is 8.97. The van der Waals surface area contributed by atoms with Crippen molar-refractivity contribution < 1.29 is 28.6 Å². The van der Waals surface area contributed by atoms with Crippen molar-refractivity contribution in [3.63, 3.8) is 0 Å². The van der Waals surface area contributed by atoms with Crippen LogP contribution >= 0.6 is 0 Å². The van der Waals surface area contributed by atoms with Crippen molar-refractivity contribution in [2.75, 3.05) is 13.2 Å². The Morgan fingerprint density at radius 3 is 0.817 bits per heavy atom. The van der Waals surface area contributed by atoms with Crippen molar-refractivity contribution >= 4 is 17.9 Å². The second kappa shape index (κ2) is 48.4. The Labute approximate surface area is 374 Å². The van der Waals surface area contributed by atoms with Crippen LogP contribution in [0.2, 0.25) is 0 Å². The molecule has 60 heavy (non-hydrogen) atoms. The third-order valence-electron chi connectivity index (χ3n) is 12.3. The van der Waals surface area contributed by atoms with Gasteiger partial charge in [0.15, 0.2) is 6.10 Å². The predicted molar refractivity (Wildman–Crippen MR) is 257 cm³/mol. The number of hydrogen-bond donors (Lipinski definition) is 0. The van der Waals surface area contributed by atoms with Gasteiger partial charge in [-0.25, -0.2) is 0 Å². The standard InChI is InChI=1S/C54H104O6/c1-5-7-9-11-13-15-17-19-21-22-23-24-25-27-28-30-32-37-41-45-52(55)58-48-51(49-59-53(56)46-42-38-35-34-36-40-44-50(3)4)60-54(57)47-43-39-33-31-29-26-20-18-16-14-12-10-8-6-2/h50-51H,5-49H2,1-4H3/t51-/m0/s1. The van der Waals surface area contributed by atoms with E-state index in [9.17, 15) is 14.4 Å². The molecule has 0 saturated heterocycles. The zero-order chi connectivity index (χ0) is 43.8. The molecule has 0 N–H and O–H groups in total. The maximum Gasteiger partial charge on any atom is 0.306 e. The zero-order valence-corrected chi connectivity index (χ0v) is 40.9.